The SMILES string of the molecule is CC(=O)Cc1cc2c(c(Cl)c1C)OCCO2. The molecule has 16 heavy (non-hydrogen) atoms. The number of fused-ring (bicyclic) bond motifs is 1. The lowest BCUT2D eigenvalue weighted by molar-refractivity contribution is -0.116. The molecule has 1 aromatic rings. The Labute approximate surface area is 99.3 Å². The molecule has 1 aromatic carbocycles. The zero-order valence-electron chi connectivity index (χ0n) is 9.30. The van der Waals surface area contributed by atoms with E-state index < -0.39 is 0 Å². The maximum absolute atomic E-state index is 11.1. The number of Topliss-reactive ketones (excluding diaryl/α,β-unsaturated/α-hetero) is 1. The van der Waals surface area contributed by atoms with E-state index in [1.807, 2.05) is 13.0 Å². The lowest BCUT2D eigenvalue weighted by Gasteiger charge is -2.21. The van der Waals surface area contributed by atoms with E-state index in [1.165, 1.54) is 0 Å². The average molecular weight is 241 g/mol. The van der Waals surface area contributed by atoms with E-state index in [0.29, 0.717) is 36.2 Å². The van der Waals surface area contributed by atoms with Crippen molar-refractivity contribution in [2.24, 2.45) is 0 Å². The minimum atomic E-state index is 0.107. The number of halogens is 1. The molecule has 0 fully saturated rings. The Morgan fingerprint density at radius 3 is 2.81 bits per heavy atom. The van der Waals surface area contributed by atoms with Crippen molar-refractivity contribution >= 4 is 17.4 Å². The van der Waals surface area contributed by atoms with Gasteiger partial charge in [-0.3, -0.25) is 4.79 Å². The molecule has 1 heterocycles. The standard InChI is InChI=1S/C12H13ClO3/c1-7(14)5-9-6-10-12(11(13)8(9)2)16-4-3-15-10/h6H,3-5H2,1-2H3. The van der Waals surface area contributed by atoms with Crippen LogP contribution in [0, 0.1) is 6.92 Å². The monoisotopic (exact) mass is 240 g/mol. The van der Waals surface area contributed by atoms with Crippen LogP contribution in [0.25, 0.3) is 0 Å². The molecule has 0 saturated heterocycles. The van der Waals surface area contributed by atoms with E-state index >= 15 is 0 Å². The first kappa shape index (κ1) is 11.3. The summed E-state index contributed by atoms with van der Waals surface area (Å²) in [4.78, 5) is 11.1. The molecule has 0 unspecified atom stereocenters. The molecule has 0 N–H and O–H groups in total. The fourth-order valence-electron chi connectivity index (χ4n) is 1.74. The van der Waals surface area contributed by atoms with E-state index in [0.717, 1.165) is 11.1 Å². The van der Waals surface area contributed by atoms with Gasteiger partial charge in [0.2, 0.25) is 0 Å². The van der Waals surface area contributed by atoms with Crippen LogP contribution >= 0.6 is 11.6 Å². The van der Waals surface area contributed by atoms with Gasteiger partial charge in [0, 0.05) is 6.42 Å². The fraction of sp³-hybridized carbons (Fsp3) is 0.417. The number of ether oxygens (including phenoxy) is 2. The second kappa shape index (κ2) is 4.34. The zero-order chi connectivity index (χ0) is 11.7. The number of ketones is 1. The van der Waals surface area contributed by atoms with Crippen LogP contribution in [0.1, 0.15) is 18.1 Å². The normalized spacial score (nSPS) is 13.7. The molecule has 1 aliphatic heterocycles. The highest BCUT2D eigenvalue weighted by molar-refractivity contribution is 6.33. The molecular formula is C12H13ClO3. The topological polar surface area (TPSA) is 35.5 Å². The largest absolute Gasteiger partial charge is 0.486 e. The molecule has 0 saturated carbocycles. The predicted octanol–water partition coefficient (Wildman–Crippen LogP) is 2.55. The average Bonchev–Trinajstić information content (AvgIpc) is 2.25. The summed E-state index contributed by atoms with van der Waals surface area (Å²) in [7, 11) is 0. The third kappa shape index (κ3) is 2.00. The Bertz CT molecular complexity index is 440. The number of hydrogen-bond acceptors (Lipinski definition) is 3. The quantitative estimate of drug-likeness (QED) is 0.797. The molecule has 0 aliphatic carbocycles. The van der Waals surface area contributed by atoms with E-state index in [9.17, 15) is 4.79 Å². The highest BCUT2D eigenvalue weighted by atomic mass is 35.5. The molecule has 0 aromatic heterocycles. The van der Waals surface area contributed by atoms with Crippen molar-refractivity contribution in [3.8, 4) is 11.5 Å². The molecule has 2 rings (SSSR count). The van der Waals surface area contributed by atoms with Crippen LogP contribution in [-0.4, -0.2) is 19.0 Å². The summed E-state index contributed by atoms with van der Waals surface area (Å²) < 4.78 is 10.9. The fourth-order valence-corrected chi connectivity index (χ4v) is 2.01. The predicted molar refractivity (Wildman–Crippen MR) is 61.6 cm³/mol. The van der Waals surface area contributed by atoms with Crippen molar-refractivity contribution in [3.63, 3.8) is 0 Å². The summed E-state index contributed by atoms with van der Waals surface area (Å²) in [5.74, 6) is 1.34. The number of carbonyl (C=O) groups is 1. The van der Waals surface area contributed by atoms with Gasteiger partial charge in [0.05, 0.1) is 5.02 Å². The summed E-state index contributed by atoms with van der Waals surface area (Å²) >= 11 is 6.18. The van der Waals surface area contributed by atoms with Crippen LogP contribution in [0.3, 0.4) is 0 Å². The lowest BCUT2D eigenvalue weighted by atomic mass is 10.0. The zero-order valence-corrected chi connectivity index (χ0v) is 10.1. The lowest BCUT2D eigenvalue weighted by Crippen LogP contribution is -2.16. The first-order valence-corrected chi connectivity index (χ1v) is 5.54. The minimum absolute atomic E-state index is 0.107. The maximum atomic E-state index is 11.1. The van der Waals surface area contributed by atoms with Gasteiger partial charge in [-0.1, -0.05) is 11.6 Å². The van der Waals surface area contributed by atoms with E-state index in [2.05, 4.69) is 0 Å². The summed E-state index contributed by atoms with van der Waals surface area (Å²) in [6.45, 7) is 4.48. The van der Waals surface area contributed by atoms with Gasteiger partial charge in [0.1, 0.15) is 19.0 Å². The Morgan fingerprint density at radius 2 is 2.12 bits per heavy atom. The second-order valence-corrected chi connectivity index (χ2v) is 4.26. The second-order valence-electron chi connectivity index (χ2n) is 3.88. The summed E-state index contributed by atoms with van der Waals surface area (Å²) in [6.07, 6.45) is 0.377. The van der Waals surface area contributed by atoms with Crippen LogP contribution in [0.15, 0.2) is 6.07 Å². The van der Waals surface area contributed by atoms with Gasteiger partial charge < -0.3 is 9.47 Å². The third-order valence-electron chi connectivity index (χ3n) is 2.57. The molecule has 0 amide bonds. The van der Waals surface area contributed by atoms with Gasteiger partial charge in [0.15, 0.2) is 11.5 Å². The highest BCUT2D eigenvalue weighted by Crippen LogP contribution is 2.41. The number of carbonyl (C=O) groups excluding carboxylic acids is 1. The number of hydrogen-bond donors (Lipinski definition) is 0. The molecule has 86 valence electrons. The van der Waals surface area contributed by atoms with E-state index in [-0.39, 0.29) is 5.78 Å². The van der Waals surface area contributed by atoms with Gasteiger partial charge >= 0.3 is 0 Å². The molecule has 3 nitrogen and oxygen atoms in total. The maximum Gasteiger partial charge on any atom is 0.180 e. The van der Waals surface area contributed by atoms with E-state index in [1.54, 1.807) is 6.92 Å². The smallest absolute Gasteiger partial charge is 0.180 e. The van der Waals surface area contributed by atoms with Crippen molar-refractivity contribution < 1.29 is 14.3 Å². The third-order valence-corrected chi connectivity index (χ3v) is 3.02. The van der Waals surface area contributed by atoms with Crippen molar-refractivity contribution in [2.75, 3.05) is 13.2 Å². The van der Waals surface area contributed by atoms with Gasteiger partial charge in [-0.2, -0.15) is 0 Å². The van der Waals surface area contributed by atoms with Crippen molar-refractivity contribution in [1.29, 1.82) is 0 Å². The molecule has 0 spiro atoms. The summed E-state index contributed by atoms with van der Waals surface area (Å²) in [5.41, 5.74) is 1.79. The molecule has 1 aliphatic rings. The molecule has 0 radical (unpaired) electrons. The van der Waals surface area contributed by atoms with Crippen molar-refractivity contribution in [2.45, 2.75) is 20.3 Å². The number of rotatable bonds is 2. The highest BCUT2D eigenvalue weighted by Gasteiger charge is 2.20. The Kier molecular flexibility index (Phi) is 3.06. The van der Waals surface area contributed by atoms with Crippen LogP contribution in [0.5, 0.6) is 11.5 Å². The van der Waals surface area contributed by atoms with Gasteiger partial charge in [-0.15, -0.1) is 0 Å². The number of benzene rings is 1. The van der Waals surface area contributed by atoms with Gasteiger partial charge in [-0.25, -0.2) is 0 Å². The Balaban J connectivity index is 2.48. The van der Waals surface area contributed by atoms with Crippen LogP contribution in [0.2, 0.25) is 5.02 Å². The molecule has 4 heteroatoms. The van der Waals surface area contributed by atoms with Crippen molar-refractivity contribution in [1.82, 2.24) is 0 Å². The van der Waals surface area contributed by atoms with E-state index in [4.69, 9.17) is 21.1 Å². The van der Waals surface area contributed by atoms with Gasteiger partial charge in [-0.05, 0) is 31.0 Å². The molecule has 0 bridgehead atoms. The summed E-state index contributed by atoms with van der Waals surface area (Å²) in [5, 5.41) is 0.549. The first-order chi connectivity index (χ1) is 7.59. The molecule has 0 atom stereocenters. The Hall–Kier alpha value is -1.22. The Morgan fingerprint density at radius 1 is 1.44 bits per heavy atom. The van der Waals surface area contributed by atoms with Gasteiger partial charge in [0.25, 0.3) is 0 Å². The van der Waals surface area contributed by atoms with Crippen molar-refractivity contribution in [3.05, 3.63) is 22.2 Å². The molecular weight excluding hydrogens is 228 g/mol. The first-order valence-electron chi connectivity index (χ1n) is 5.16. The van der Waals surface area contributed by atoms with Crippen LogP contribution in [-0.2, 0) is 11.2 Å². The van der Waals surface area contributed by atoms with Crippen LogP contribution < -0.4 is 9.47 Å². The summed E-state index contributed by atoms with van der Waals surface area (Å²) in [6, 6.07) is 1.84. The minimum Gasteiger partial charge on any atom is -0.486 e. The van der Waals surface area contributed by atoms with Crippen LogP contribution in [0.4, 0.5) is 0 Å².